The molecule has 1 atom stereocenters. The predicted molar refractivity (Wildman–Crippen MR) is 127 cm³/mol. The molecule has 0 bridgehead atoms. The smallest absolute Gasteiger partial charge is 0.273 e. The largest absolute Gasteiger partial charge is 0.494 e. The zero-order chi connectivity index (χ0) is 24.3. The Morgan fingerprint density at radius 1 is 1.18 bits per heavy atom. The van der Waals surface area contributed by atoms with E-state index in [-0.39, 0.29) is 36.0 Å². The molecule has 1 saturated carbocycles. The topological polar surface area (TPSA) is 106 Å². The van der Waals surface area contributed by atoms with Crippen molar-refractivity contribution >= 4 is 17.7 Å². The van der Waals surface area contributed by atoms with E-state index in [1.165, 1.54) is 10.7 Å². The number of benzene rings is 1. The molecule has 2 heterocycles. The number of hydrogen-bond donors (Lipinski definition) is 2. The molecule has 2 aliphatic rings. The van der Waals surface area contributed by atoms with Crippen LogP contribution in [0.3, 0.4) is 0 Å². The Labute approximate surface area is 199 Å². The van der Waals surface area contributed by atoms with E-state index >= 15 is 0 Å². The van der Waals surface area contributed by atoms with E-state index in [9.17, 15) is 14.4 Å². The van der Waals surface area contributed by atoms with Crippen LogP contribution >= 0.6 is 0 Å². The van der Waals surface area contributed by atoms with Gasteiger partial charge in [-0.3, -0.25) is 19.1 Å². The van der Waals surface area contributed by atoms with Gasteiger partial charge >= 0.3 is 0 Å². The third-order valence-electron chi connectivity index (χ3n) is 6.71. The van der Waals surface area contributed by atoms with Crippen molar-refractivity contribution in [3.05, 3.63) is 47.3 Å². The van der Waals surface area contributed by atoms with Crippen LogP contribution in [0, 0.1) is 0 Å². The molecule has 2 N–H and O–H groups in total. The summed E-state index contributed by atoms with van der Waals surface area (Å²) in [5, 5.41) is 10.4. The van der Waals surface area contributed by atoms with Gasteiger partial charge in [-0.25, -0.2) is 0 Å². The fourth-order valence-electron chi connectivity index (χ4n) is 4.80. The van der Waals surface area contributed by atoms with E-state index in [1.54, 1.807) is 11.8 Å². The first-order valence-corrected chi connectivity index (χ1v) is 12.1. The normalized spacial score (nSPS) is 20.2. The van der Waals surface area contributed by atoms with Crippen LogP contribution in [0.1, 0.15) is 73.0 Å². The molecule has 0 saturated heterocycles. The second-order valence-electron chi connectivity index (χ2n) is 9.11. The molecule has 3 amide bonds. The molecule has 1 aliphatic heterocycles. The van der Waals surface area contributed by atoms with Crippen molar-refractivity contribution in [3.8, 4) is 5.75 Å². The maximum absolute atomic E-state index is 13.2. The number of hydrogen-bond acceptors (Lipinski definition) is 5. The molecular weight excluding hydrogens is 434 g/mol. The van der Waals surface area contributed by atoms with Crippen LogP contribution in [-0.2, 0) is 17.9 Å². The molecule has 4 rings (SSSR count). The summed E-state index contributed by atoms with van der Waals surface area (Å²) < 4.78 is 6.93. The van der Waals surface area contributed by atoms with Crippen LogP contribution in [-0.4, -0.2) is 57.1 Å². The molecular formula is C25H33N5O4. The fraction of sp³-hybridized carbons (Fsp3) is 0.520. The van der Waals surface area contributed by atoms with E-state index in [0.29, 0.717) is 25.4 Å². The van der Waals surface area contributed by atoms with Gasteiger partial charge in [0.25, 0.3) is 11.8 Å². The predicted octanol–water partition coefficient (Wildman–Crippen LogP) is 2.50. The lowest BCUT2D eigenvalue weighted by Gasteiger charge is -2.43. The van der Waals surface area contributed by atoms with Gasteiger partial charge in [-0.1, -0.05) is 25.0 Å². The van der Waals surface area contributed by atoms with Crippen LogP contribution in [0.4, 0.5) is 0 Å². The first kappa shape index (κ1) is 23.8. The van der Waals surface area contributed by atoms with Gasteiger partial charge in [-0.2, -0.15) is 5.10 Å². The summed E-state index contributed by atoms with van der Waals surface area (Å²) in [5.74, 6) is -0.0600. The Balaban J connectivity index is 1.47. The number of nitrogens with zero attached hydrogens (tertiary/aromatic N) is 3. The molecule has 0 unspecified atom stereocenters. The van der Waals surface area contributed by atoms with Crippen molar-refractivity contribution < 1.29 is 19.1 Å². The number of ether oxygens (including phenoxy) is 1. The number of rotatable bonds is 8. The lowest BCUT2D eigenvalue weighted by molar-refractivity contribution is -0.133. The number of carbonyl (C=O) groups is 3. The van der Waals surface area contributed by atoms with E-state index in [4.69, 9.17) is 4.74 Å². The van der Waals surface area contributed by atoms with Crippen molar-refractivity contribution in [2.45, 2.75) is 71.1 Å². The molecule has 9 nitrogen and oxygen atoms in total. The summed E-state index contributed by atoms with van der Waals surface area (Å²) >= 11 is 0. The number of likely N-dealkylation sites (N-methyl/N-ethyl adjacent to an activating group) is 1. The molecule has 0 spiro atoms. The van der Waals surface area contributed by atoms with E-state index in [1.807, 2.05) is 38.1 Å². The van der Waals surface area contributed by atoms with E-state index in [2.05, 4.69) is 15.7 Å². The van der Waals surface area contributed by atoms with Crippen molar-refractivity contribution in [1.82, 2.24) is 25.3 Å². The molecule has 1 aromatic carbocycles. The summed E-state index contributed by atoms with van der Waals surface area (Å²) in [7, 11) is 0. The second-order valence-corrected chi connectivity index (χ2v) is 9.11. The van der Waals surface area contributed by atoms with Crippen LogP contribution in [0.5, 0.6) is 5.75 Å². The summed E-state index contributed by atoms with van der Waals surface area (Å²) in [6.45, 7) is 7.06. The standard InChI is InChI=1S/C25H33N5O4/c1-4-29-23(32)21-14-20(22(31)26-15-17-10-12-19(13-11-17)34-5-2)28-30(21)16-25(29,3)24(33)27-18-8-6-7-9-18/h10-14,18H,4-9,15-16H2,1-3H3,(H,26,31)(H,27,33)/t25-/m0/s1. The number of aromatic nitrogens is 2. The van der Waals surface area contributed by atoms with Gasteiger partial charge in [0.2, 0.25) is 5.91 Å². The van der Waals surface area contributed by atoms with Crippen molar-refractivity contribution in [2.24, 2.45) is 0 Å². The highest BCUT2D eigenvalue weighted by Gasteiger charge is 2.48. The third kappa shape index (κ3) is 4.64. The SMILES string of the molecule is CCOc1ccc(CNC(=O)c2cc3n(n2)C[C@@](C)(C(=O)NC2CCCC2)N(CC)C3=O)cc1. The fourth-order valence-corrected chi connectivity index (χ4v) is 4.80. The van der Waals surface area contributed by atoms with Gasteiger partial charge in [0.1, 0.15) is 17.0 Å². The third-order valence-corrected chi connectivity index (χ3v) is 6.71. The maximum Gasteiger partial charge on any atom is 0.273 e. The first-order valence-electron chi connectivity index (χ1n) is 12.1. The van der Waals surface area contributed by atoms with Crippen LogP contribution < -0.4 is 15.4 Å². The number of amides is 3. The lowest BCUT2D eigenvalue weighted by atomic mass is 9.94. The molecule has 1 aromatic heterocycles. The van der Waals surface area contributed by atoms with Crippen LogP contribution in [0.2, 0.25) is 0 Å². The molecule has 34 heavy (non-hydrogen) atoms. The number of carbonyl (C=O) groups excluding carboxylic acids is 3. The average molecular weight is 468 g/mol. The van der Waals surface area contributed by atoms with E-state index in [0.717, 1.165) is 37.0 Å². The van der Waals surface area contributed by atoms with E-state index < -0.39 is 5.54 Å². The van der Waals surface area contributed by atoms with Crippen LogP contribution in [0.15, 0.2) is 30.3 Å². The summed E-state index contributed by atoms with van der Waals surface area (Å²) in [4.78, 5) is 40.8. The average Bonchev–Trinajstić information content (AvgIpc) is 3.49. The van der Waals surface area contributed by atoms with Gasteiger partial charge in [0.15, 0.2) is 5.69 Å². The van der Waals surface area contributed by atoms with Crippen molar-refractivity contribution in [2.75, 3.05) is 13.2 Å². The summed E-state index contributed by atoms with van der Waals surface area (Å²) in [6.07, 6.45) is 4.15. The quantitative estimate of drug-likeness (QED) is 0.621. The van der Waals surface area contributed by atoms with Crippen molar-refractivity contribution in [1.29, 1.82) is 0 Å². The maximum atomic E-state index is 13.2. The summed E-state index contributed by atoms with van der Waals surface area (Å²) in [6, 6.07) is 9.15. The highest BCUT2D eigenvalue weighted by Crippen LogP contribution is 2.28. The molecule has 1 aliphatic carbocycles. The number of fused-ring (bicyclic) bond motifs is 1. The molecule has 0 radical (unpaired) electrons. The molecule has 1 fully saturated rings. The Morgan fingerprint density at radius 3 is 2.53 bits per heavy atom. The lowest BCUT2D eigenvalue weighted by Crippen LogP contribution is -2.64. The Hall–Kier alpha value is -3.36. The minimum absolute atomic E-state index is 0.154. The van der Waals surface area contributed by atoms with Crippen molar-refractivity contribution in [3.63, 3.8) is 0 Å². The Kier molecular flexibility index (Phi) is 6.90. The first-order chi connectivity index (χ1) is 16.4. The number of nitrogens with one attached hydrogen (secondary N) is 2. The van der Waals surface area contributed by atoms with Gasteiger partial charge in [-0.15, -0.1) is 0 Å². The molecule has 182 valence electrons. The highest BCUT2D eigenvalue weighted by atomic mass is 16.5. The zero-order valence-corrected chi connectivity index (χ0v) is 20.1. The van der Waals surface area contributed by atoms with Gasteiger partial charge in [-0.05, 0) is 51.3 Å². The van der Waals surface area contributed by atoms with Gasteiger partial charge in [0.05, 0.1) is 13.2 Å². The molecule has 2 aromatic rings. The zero-order valence-electron chi connectivity index (χ0n) is 20.1. The van der Waals surface area contributed by atoms with Crippen LogP contribution in [0.25, 0.3) is 0 Å². The minimum Gasteiger partial charge on any atom is -0.494 e. The summed E-state index contributed by atoms with van der Waals surface area (Å²) in [5.41, 5.74) is 0.332. The molecule has 9 heteroatoms. The Morgan fingerprint density at radius 2 is 1.88 bits per heavy atom. The monoisotopic (exact) mass is 467 g/mol. The van der Waals surface area contributed by atoms with Gasteiger partial charge < -0.3 is 20.3 Å². The minimum atomic E-state index is -1.07. The second kappa shape index (κ2) is 9.87. The van der Waals surface area contributed by atoms with Gasteiger partial charge in [0, 0.05) is 25.2 Å². The Bertz CT molecular complexity index is 1060. The highest BCUT2D eigenvalue weighted by molar-refractivity contribution is 6.01.